The predicted octanol–water partition coefficient (Wildman–Crippen LogP) is 2.68. The summed E-state index contributed by atoms with van der Waals surface area (Å²) in [5, 5.41) is 0. The Kier molecular flexibility index (Phi) is 3.72. The van der Waals surface area contributed by atoms with Crippen LogP contribution in [0.2, 0.25) is 0 Å². The minimum absolute atomic E-state index is 0.0365. The Balaban J connectivity index is 1.44. The number of nitrogens with one attached hydrogen (secondary N) is 1. The molecule has 2 aromatic heterocycles. The molecule has 0 spiro atoms. The summed E-state index contributed by atoms with van der Waals surface area (Å²) in [5.74, 6) is 1.36. The Labute approximate surface area is 140 Å². The van der Waals surface area contributed by atoms with Crippen LogP contribution in [-0.2, 0) is 0 Å². The zero-order valence-corrected chi connectivity index (χ0v) is 13.6. The molecule has 0 radical (unpaired) electrons. The van der Waals surface area contributed by atoms with E-state index < -0.39 is 0 Å². The Bertz CT molecular complexity index is 830. The van der Waals surface area contributed by atoms with Gasteiger partial charge >= 0.3 is 0 Å². The van der Waals surface area contributed by atoms with Crippen LogP contribution < -0.4 is 0 Å². The van der Waals surface area contributed by atoms with Crippen LogP contribution >= 0.6 is 0 Å². The van der Waals surface area contributed by atoms with Crippen molar-refractivity contribution in [2.24, 2.45) is 0 Å². The van der Waals surface area contributed by atoms with Gasteiger partial charge in [-0.05, 0) is 31.9 Å². The van der Waals surface area contributed by atoms with Gasteiger partial charge in [0, 0.05) is 25.2 Å². The van der Waals surface area contributed by atoms with Crippen LogP contribution in [0.4, 0.5) is 0 Å². The van der Waals surface area contributed by atoms with Gasteiger partial charge in [-0.25, -0.2) is 9.97 Å². The molecule has 24 heavy (non-hydrogen) atoms. The summed E-state index contributed by atoms with van der Waals surface area (Å²) in [5.41, 5.74) is 3.31. The van der Waals surface area contributed by atoms with Crippen LogP contribution in [-0.4, -0.2) is 43.8 Å². The number of hydrogen-bond donors (Lipinski definition) is 1. The number of rotatable bonds is 2. The number of fused-ring (bicyclic) bond motifs is 1. The number of carbonyl (C=O) groups is 1. The second kappa shape index (κ2) is 6.03. The van der Waals surface area contributed by atoms with Crippen LogP contribution in [0.15, 0.2) is 36.7 Å². The molecule has 122 valence electrons. The highest BCUT2D eigenvalue weighted by molar-refractivity contribution is 5.92. The number of aryl methyl sites for hydroxylation is 1. The molecule has 3 heterocycles. The van der Waals surface area contributed by atoms with Gasteiger partial charge in [0.25, 0.3) is 5.91 Å². The van der Waals surface area contributed by atoms with Crippen molar-refractivity contribution in [3.8, 4) is 0 Å². The maximum Gasteiger partial charge on any atom is 0.274 e. The smallest absolute Gasteiger partial charge is 0.274 e. The van der Waals surface area contributed by atoms with Gasteiger partial charge in [0.05, 0.1) is 22.9 Å². The number of para-hydroxylation sites is 2. The standard InChI is InChI=1S/C18H19N5O/c1-12-10-20-16(11-19-12)18(24)23-8-6-13(7-9-23)17-21-14-4-2-3-5-15(14)22-17/h2-5,10-11,13H,6-9H2,1H3,(H,21,22). The number of benzene rings is 1. The molecule has 0 saturated carbocycles. The molecular formula is C18H19N5O. The normalized spacial score (nSPS) is 15.8. The first-order chi connectivity index (χ1) is 11.7. The molecule has 0 aliphatic carbocycles. The molecule has 1 fully saturated rings. The van der Waals surface area contributed by atoms with Crippen molar-refractivity contribution in [1.82, 2.24) is 24.8 Å². The maximum atomic E-state index is 12.5. The minimum Gasteiger partial charge on any atom is -0.342 e. The lowest BCUT2D eigenvalue weighted by atomic mass is 9.96. The SMILES string of the molecule is Cc1cnc(C(=O)N2CCC(c3nc4ccccc4[nH]3)CC2)cn1. The fraction of sp³-hybridized carbons (Fsp3) is 0.333. The number of piperidine rings is 1. The summed E-state index contributed by atoms with van der Waals surface area (Å²) in [6.45, 7) is 3.30. The average molecular weight is 321 g/mol. The molecule has 1 aliphatic rings. The van der Waals surface area contributed by atoms with Crippen molar-refractivity contribution in [3.05, 3.63) is 53.9 Å². The average Bonchev–Trinajstić information content (AvgIpc) is 3.06. The molecular weight excluding hydrogens is 302 g/mol. The quantitative estimate of drug-likeness (QED) is 0.787. The van der Waals surface area contributed by atoms with Crippen molar-refractivity contribution in [1.29, 1.82) is 0 Å². The Morgan fingerprint density at radius 1 is 1.17 bits per heavy atom. The van der Waals surface area contributed by atoms with E-state index in [4.69, 9.17) is 4.98 Å². The Morgan fingerprint density at radius 2 is 1.96 bits per heavy atom. The topological polar surface area (TPSA) is 74.8 Å². The van der Waals surface area contributed by atoms with Crippen LogP contribution in [0.5, 0.6) is 0 Å². The summed E-state index contributed by atoms with van der Waals surface area (Å²) >= 11 is 0. The van der Waals surface area contributed by atoms with Crippen molar-refractivity contribution in [3.63, 3.8) is 0 Å². The highest BCUT2D eigenvalue weighted by Gasteiger charge is 2.27. The number of nitrogens with zero attached hydrogens (tertiary/aromatic N) is 4. The van der Waals surface area contributed by atoms with E-state index in [2.05, 4.69) is 15.0 Å². The number of likely N-dealkylation sites (tertiary alicyclic amines) is 1. The zero-order valence-electron chi connectivity index (χ0n) is 13.6. The summed E-state index contributed by atoms with van der Waals surface area (Å²) in [7, 11) is 0. The van der Waals surface area contributed by atoms with Crippen LogP contribution in [0.3, 0.4) is 0 Å². The molecule has 1 saturated heterocycles. The fourth-order valence-electron chi connectivity index (χ4n) is 3.19. The zero-order chi connectivity index (χ0) is 16.5. The van der Waals surface area contributed by atoms with Gasteiger partial charge in [-0.2, -0.15) is 0 Å². The van der Waals surface area contributed by atoms with E-state index in [0.717, 1.165) is 48.5 Å². The molecule has 6 heteroatoms. The van der Waals surface area contributed by atoms with Gasteiger partial charge < -0.3 is 9.88 Å². The lowest BCUT2D eigenvalue weighted by Gasteiger charge is -2.30. The van der Waals surface area contributed by atoms with Gasteiger partial charge in [0.1, 0.15) is 11.5 Å². The van der Waals surface area contributed by atoms with Crippen LogP contribution in [0.25, 0.3) is 11.0 Å². The van der Waals surface area contributed by atoms with E-state index in [1.54, 1.807) is 12.4 Å². The van der Waals surface area contributed by atoms with E-state index in [-0.39, 0.29) is 5.91 Å². The van der Waals surface area contributed by atoms with E-state index in [1.165, 1.54) is 0 Å². The van der Waals surface area contributed by atoms with Gasteiger partial charge in [-0.1, -0.05) is 12.1 Å². The third-order valence-corrected chi connectivity index (χ3v) is 4.58. The second-order valence-electron chi connectivity index (χ2n) is 6.25. The Hall–Kier alpha value is -2.76. The third-order valence-electron chi connectivity index (χ3n) is 4.58. The van der Waals surface area contributed by atoms with Gasteiger partial charge in [0.2, 0.25) is 0 Å². The van der Waals surface area contributed by atoms with Gasteiger partial charge in [0.15, 0.2) is 0 Å². The van der Waals surface area contributed by atoms with E-state index >= 15 is 0 Å². The number of hydrogen-bond acceptors (Lipinski definition) is 4. The van der Waals surface area contributed by atoms with Crippen LogP contribution in [0, 0.1) is 6.92 Å². The molecule has 1 aliphatic heterocycles. The number of imidazole rings is 1. The van der Waals surface area contributed by atoms with Crippen LogP contribution in [0.1, 0.15) is 40.8 Å². The summed E-state index contributed by atoms with van der Waals surface area (Å²) in [6, 6.07) is 8.07. The first-order valence-corrected chi connectivity index (χ1v) is 8.23. The Morgan fingerprint density at radius 3 is 2.67 bits per heavy atom. The van der Waals surface area contributed by atoms with E-state index in [1.807, 2.05) is 36.1 Å². The van der Waals surface area contributed by atoms with Gasteiger partial charge in [-0.15, -0.1) is 0 Å². The number of aromatic nitrogens is 4. The highest BCUT2D eigenvalue weighted by Crippen LogP contribution is 2.28. The number of aromatic amines is 1. The van der Waals surface area contributed by atoms with Crippen molar-refractivity contribution in [2.75, 3.05) is 13.1 Å². The van der Waals surface area contributed by atoms with E-state index in [0.29, 0.717) is 11.6 Å². The van der Waals surface area contributed by atoms with Gasteiger partial charge in [-0.3, -0.25) is 9.78 Å². The number of amides is 1. The molecule has 4 rings (SSSR count). The molecule has 1 aromatic carbocycles. The maximum absolute atomic E-state index is 12.5. The molecule has 0 unspecified atom stereocenters. The monoisotopic (exact) mass is 321 g/mol. The summed E-state index contributed by atoms with van der Waals surface area (Å²) in [6.07, 6.45) is 5.01. The highest BCUT2D eigenvalue weighted by atomic mass is 16.2. The third kappa shape index (κ3) is 2.75. The fourth-order valence-corrected chi connectivity index (χ4v) is 3.19. The number of H-pyrrole nitrogens is 1. The van der Waals surface area contributed by atoms with Crippen molar-refractivity contribution >= 4 is 16.9 Å². The minimum atomic E-state index is -0.0365. The van der Waals surface area contributed by atoms with E-state index in [9.17, 15) is 4.79 Å². The molecule has 1 N–H and O–H groups in total. The lowest BCUT2D eigenvalue weighted by Crippen LogP contribution is -2.38. The molecule has 3 aromatic rings. The number of carbonyl (C=O) groups excluding carboxylic acids is 1. The largest absolute Gasteiger partial charge is 0.342 e. The summed E-state index contributed by atoms with van der Waals surface area (Å²) < 4.78 is 0. The van der Waals surface area contributed by atoms with Crippen molar-refractivity contribution < 1.29 is 4.79 Å². The molecule has 0 atom stereocenters. The lowest BCUT2D eigenvalue weighted by molar-refractivity contribution is 0.0705. The molecule has 0 bridgehead atoms. The molecule has 6 nitrogen and oxygen atoms in total. The van der Waals surface area contributed by atoms with Crippen molar-refractivity contribution in [2.45, 2.75) is 25.7 Å². The predicted molar refractivity (Wildman–Crippen MR) is 90.7 cm³/mol. The summed E-state index contributed by atoms with van der Waals surface area (Å²) in [4.78, 5) is 30.8. The first kappa shape index (κ1) is 14.8. The second-order valence-corrected chi connectivity index (χ2v) is 6.25. The first-order valence-electron chi connectivity index (χ1n) is 8.23. The molecule has 1 amide bonds.